The Morgan fingerprint density at radius 1 is 1.42 bits per heavy atom. The fourth-order valence-electron chi connectivity index (χ4n) is 2.98. The third-order valence-corrected chi connectivity index (χ3v) is 5.64. The van der Waals surface area contributed by atoms with E-state index in [1.807, 2.05) is 36.6 Å². The van der Waals surface area contributed by atoms with Crippen molar-refractivity contribution in [2.75, 3.05) is 29.9 Å². The molecule has 2 aromatic rings. The van der Waals surface area contributed by atoms with Crippen molar-refractivity contribution in [1.29, 1.82) is 0 Å². The number of anilines is 2. The molecule has 1 aliphatic heterocycles. The second-order valence-corrected chi connectivity index (χ2v) is 7.19. The maximum Gasteiger partial charge on any atom is 0.232 e. The molecular weight excluding hydrogens is 322 g/mol. The van der Waals surface area contributed by atoms with Gasteiger partial charge in [0, 0.05) is 30.8 Å². The monoisotopic (exact) mass is 345 g/mol. The molecule has 2 N–H and O–H groups in total. The van der Waals surface area contributed by atoms with Gasteiger partial charge in [0.25, 0.3) is 0 Å². The summed E-state index contributed by atoms with van der Waals surface area (Å²) in [6, 6.07) is 7.69. The minimum absolute atomic E-state index is 0.0167. The number of amides is 1. The van der Waals surface area contributed by atoms with Crippen molar-refractivity contribution in [2.45, 2.75) is 25.7 Å². The molecule has 0 aromatic carbocycles. The van der Waals surface area contributed by atoms with E-state index in [2.05, 4.69) is 15.2 Å². The Morgan fingerprint density at radius 2 is 2.21 bits per heavy atom. The minimum atomic E-state index is -0.182. The summed E-state index contributed by atoms with van der Waals surface area (Å²) in [7, 11) is 0. The molecule has 1 amide bonds. The summed E-state index contributed by atoms with van der Waals surface area (Å²) in [6.45, 7) is 3.87. The van der Waals surface area contributed by atoms with Crippen LogP contribution in [-0.2, 0) is 4.79 Å². The highest BCUT2D eigenvalue weighted by Crippen LogP contribution is 2.29. The first-order chi connectivity index (χ1) is 11.7. The first-order valence-corrected chi connectivity index (χ1v) is 9.22. The van der Waals surface area contributed by atoms with Gasteiger partial charge in [0.2, 0.25) is 5.91 Å². The molecule has 1 fully saturated rings. The molecule has 2 aromatic heterocycles. The van der Waals surface area contributed by atoms with Gasteiger partial charge in [-0.05, 0) is 49.3 Å². The van der Waals surface area contributed by atoms with E-state index in [1.165, 1.54) is 0 Å². The Bertz CT molecular complexity index is 667. The van der Waals surface area contributed by atoms with Crippen molar-refractivity contribution in [3.8, 4) is 0 Å². The van der Waals surface area contributed by atoms with Crippen molar-refractivity contribution < 1.29 is 9.90 Å². The second kappa shape index (κ2) is 7.77. The van der Waals surface area contributed by atoms with Crippen LogP contribution in [0.15, 0.2) is 35.8 Å². The van der Waals surface area contributed by atoms with E-state index in [0.29, 0.717) is 5.92 Å². The smallest absolute Gasteiger partial charge is 0.232 e. The van der Waals surface area contributed by atoms with Gasteiger partial charge in [0.05, 0.1) is 11.6 Å². The Morgan fingerprint density at radius 3 is 2.88 bits per heavy atom. The number of hydrogen-bond acceptors (Lipinski definition) is 5. The van der Waals surface area contributed by atoms with Crippen molar-refractivity contribution in [3.63, 3.8) is 0 Å². The van der Waals surface area contributed by atoms with Crippen LogP contribution in [0.5, 0.6) is 0 Å². The summed E-state index contributed by atoms with van der Waals surface area (Å²) in [6.07, 6.45) is 3.66. The Balaban J connectivity index is 1.71. The third-order valence-electron chi connectivity index (χ3n) is 4.58. The molecule has 3 heterocycles. The molecule has 1 atom stereocenters. The lowest BCUT2D eigenvalue weighted by molar-refractivity contribution is -0.117. The predicted molar refractivity (Wildman–Crippen MR) is 97.6 cm³/mol. The molecule has 1 saturated heterocycles. The van der Waals surface area contributed by atoms with Crippen molar-refractivity contribution in [2.24, 2.45) is 5.92 Å². The topological polar surface area (TPSA) is 65.5 Å². The van der Waals surface area contributed by atoms with Gasteiger partial charge in [0.1, 0.15) is 0 Å². The Hall–Kier alpha value is -1.92. The van der Waals surface area contributed by atoms with Crippen LogP contribution in [0.4, 0.5) is 11.5 Å². The van der Waals surface area contributed by atoms with Gasteiger partial charge in [-0.1, -0.05) is 6.07 Å². The summed E-state index contributed by atoms with van der Waals surface area (Å²) in [5, 5.41) is 14.3. The van der Waals surface area contributed by atoms with E-state index < -0.39 is 0 Å². The molecule has 5 nitrogen and oxygen atoms in total. The van der Waals surface area contributed by atoms with Gasteiger partial charge < -0.3 is 15.3 Å². The zero-order valence-electron chi connectivity index (χ0n) is 13.8. The molecule has 0 bridgehead atoms. The highest BCUT2D eigenvalue weighted by molar-refractivity contribution is 7.10. The summed E-state index contributed by atoms with van der Waals surface area (Å²) < 4.78 is 0. The number of pyridine rings is 1. The van der Waals surface area contributed by atoms with Gasteiger partial charge in [-0.3, -0.25) is 4.79 Å². The fraction of sp³-hybridized carbons (Fsp3) is 0.444. The number of rotatable bonds is 5. The third kappa shape index (κ3) is 3.76. The number of aliphatic hydroxyl groups excluding tert-OH is 1. The van der Waals surface area contributed by atoms with Crippen LogP contribution in [-0.4, -0.2) is 35.7 Å². The molecule has 1 aliphatic rings. The average molecular weight is 345 g/mol. The lowest BCUT2D eigenvalue weighted by Gasteiger charge is -2.33. The number of carbonyl (C=O) groups excluding carboxylic acids is 1. The summed E-state index contributed by atoms with van der Waals surface area (Å²) in [4.78, 5) is 20.3. The Labute approximate surface area is 146 Å². The number of aliphatic hydroxyl groups is 1. The minimum Gasteiger partial charge on any atom is -0.396 e. The van der Waals surface area contributed by atoms with Crippen molar-refractivity contribution in [3.05, 3.63) is 40.7 Å². The normalized spacial score (nSPS) is 16.8. The number of nitrogens with zero attached hydrogens (tertiary/aromatic N) is 2. The average Bonchev–Trinajstić information content (AvgIpc) is 3.16. The number of carbonyl (C=O) groups is 1. The molecule has 128 valence electrons. The summed E-state index contributed by atoms with van der Waals surface area (Å²) in [5.41, 5.74) is 0.758. The number of piperidine rings is 1. The first-order valence-electron chi connectivity index (χ1n) is 8.34. The van der Waals surface area contributed by atoms with Crippen LogP contribution >= 0.6 is 11.3 Å². The van der Waals surface area contributed by atoms with Gasteiger partial charge in [-0.15, -0.1) is 11.3 Å². The van der Waals surface area contributed by atoms with Crippen molar-refractivity contribution in [1.82, 2.24) is 4.98 Å². The number of hydrogen-bond donors (Lipinski definition) is 2. The van der Waals surface area contributed by atoms with Gasteiger partial charge in [-0.2, -0.15) is 0 Å². The molecule has 0 saturated carbocycles. The van der Waals surface area contributed by atoms with E-state index in [-0.39, 0.29) is 18.4 Å². The number of nitrogens with one attached hydrogen (secondary N) is 1. The molecule has 24 heavy (non-hydrogen) atoms. The maximum absolute atomic E-state index is 12.6. The standard InChI is InChI=1S/C18H23N3O2S/c1-13(16-5-3-11-24-16)18(23)20-15-4-2-8-19-17(15)21-9-6-14(12-22)7-10-21/h2-5,8,11,13-14,22H,6-7,9-10,12H2,1H3,(H,20,23). The fourth-order valence-corrected chi connectivity index (χ4v) is 3.76. The molecule has 1 unspecified atom stereocenters. The predicted octanol–water partition coefficient (Wildman–Crippen LogP) is 3.09. The quantitative estimate of drug-likeness (QED) is 0.874. The molecule has 0 radical (unpaired) electrons. The van der Waals surface area contributed by atoms with Crippen LogP contribution in [0.2, 0.25) is 0 Å². The maximum atomic E-state index is 12.6. The first kappa shape index (κ1) is 16.9. The molecule has 0 spiro atoms. The van der Waals surface area contributed by atoms with Crippen LogP contribution in [0.1, 0.15) is 30.6 Å². The Kier molecular flexibility index (Phi) is 5.48. The van der Waals surface area contributed by atoms with Crippen LogP contribution in [0.25, 0.3) is 0 Å². The van der Waals surface area contributed by atoms with Gasteiger partial charge >= 0.3 is 0 Å². The van der Waals surface area contributed by atoms with E-state index in [9.17, 15) is 9.90 Å². The lowest BCUT2D eigenvalue weighted by atomic mass is 9.98. The van der Waals surface area contributed by atoms with E-state index in [0.717, 1.165) is 42.3 Å². The summed E-state index contributed by atoms with van der Waals surface area (Å²) >= 11 is 1.59. The van der Waals surface area contributed by atoms with E-state index in [4.69, 9.17) is 0 Å². The molecule has 6 heteroatoms. The van der Waals surface area contributed by atoms with Crippen LogP contribution in [0.3, 0.4) is 0 Å². The number of aromatic nitrogens is 1. The highest BCUT2D eigenvalue weighted by atomic mass is 32.1. The van der Waals surface area contributed by atoms with E-state index in [1.54, 1.807) is 17.5 Å². The number of thiophene rings is 1. The zero-order valence-corrected chi connectivity index (χ0v) is 14.6. The lowest BCUT2D eigenvalue weighted by Crippen LogP contribution is -2.36. The largest absolute Gasteiger partial charge is 0.396 e. The summed E-state index contributed by atoms with van der Waals surface area (Å²) in [5.74, 6) is 0.998. The van der Waals surface area contributed by atoms with E-state index >= 15 is 0 Å². The second-order valence-electron chi connectivity index (χ2n) is 6.21. The van der Waals surface area contributed by atoms with Crippen LogP contribution < -0.4 is 10.2 Å². The SMILES string of the molecule is CC(C(=O)Nc1cccnc1N1CCC(CO)CC1)c1cccs1. The van der Waals surface area contributed by atoms with Gasteiger partial charge in [0.15, 0.2) is 5.82 Å². The zero-order chi connectivity index (χ0) is 16.9. The molecule has 3 rings (SSSR count). The van der Waals surface area contributed by atoms with Crippen LogP contribution in [0, 0.1) is 5.92 Å². The molecular formula is C18H23N3O2S. The van der Waals surface area contributed by atoms with Crippen molar-refractivity contribution >= 4 is 28.7 Å². The molecule has 0 aliphatic carbocycles. The highest BCUT2D eigenvalue weighted by Gasteiger charge is 2.23. The van der Waals surface area contributed by atoms with Gasteiger partial charge in [-0.25, -0.2) is 4.98 Å².